The summed E-state index contributed by atoms with van der Waals surface area (Å²) in [6.45, 7) is 14.0. The third kappa shape index (κ3) is 14.2. The lowest BCUT2D eigenvalue weighted by molar-refractivity contribution is 0.482. The van der Waals surface area contributed by atoms with Gasteiger partial charge in [-0.1, -0.05) is 325 Å². The molecule has 9 aromatic heterocycles. The molecule has 0 saturated heterocycles. The van der Waals surface area contributed by atoms with Crippen molar-refractivity contribution in [3.05, 3.63) is 491 Å². The monoisotopic (exact) mass is 1940 g/mol. The molecule has 0 saturated carbocycles. The van der Waals surface area contributed by atoms with Crippen LogP contribution in [0.5, 0.6) is 11.5 Å². The van der Waals surface area contributed by atoms with Gasteiger partial charge in [-0.2, -0.15) is 0 Å². The minimum absolute atomic E-state index is 0.114. The van der Waals surface area contributed by atoms with Crippen molar-refractivity contribution in [1.82, 2.24) is 27.4 Å². The van der Waals surface area contributed by atoms with Gasteiger partial charge in [-0.05, 0) is 251 Å². The van der Waals surface area contributed by atoms with Gasteiger partial charge in [-0.3, -0.25) is 0 Å². The molecule has 712 valence electrons. The number of ether oxygens (including phenoxy) is 1. The fraction of sp³-hybridized carbons (Fsp3) is 0.0504. The van der Waals surface area contributed by atoms with E-state index in [1.807, 2.05) is 72.8 Å². The van der Waals surface area contributed by atoms with Crippen LogP contribution in [0.1, 0.15) is 26.3 Å². The van der Waals surface area contributed by atoms with E-state index in [-0.39, 0.29) is 5.41 Å². The largest absolute Gasteiger partial charge is 0.457 e. The quantitative estimate of drug-likeness (QED) is 0.114. The van der Waals surface area contributed by atoms with Crippen LogP contribution in [0.3, 0.4) is 0 Å². The molecule has 11 heteroatoms. The summed E-state index contributed by atoms with van der Waals surface area (Å²) in [5.41, 5.74) is 34.9. The predicted molar refractivity (Wildman–Crippen MR) is 632 cm³/mol. The van der Waals surface area contributed by atoms with E-state index in [9.17, 15) is 0 Å². The summed E-state index contributed by atoms with van der Waals surface area (Å²) in [5.74, 6) is 1.63. The number of hydrogen-bond acceptors (Lipinski definition) is 4. The number of furan rings is 3. The van der Waals surface area contributed by atoms with Gasteiger partial charge in [0.15, 0.2) is 16.7 Å². The Hall–Kier alpha value is -18.9. The first kappa shape index (κ1) is 87.6. The summed E-state index contributed by atoms with van der Waals surface area (Å²) in [7, 11) is -1.38. The van der Waals surface area contributed by atoms with Crippen LogP contribution in [0.25, 0.3) is 264 Å². The van der Waals surface area contributed by atoms with Crippen LogP contribution in [0, 0.1) is 0 Å². The Labute approximate surface area is 864 Å². The van der Waals surface area contributed by atoms with Gasteiger partial charge in [0.05, 0.1) is 91.3 Å². The van der Waals surface area contributed by atoms with Crippen molar-refractivity contribution in [3.8, 4) is 79.0 Å². The number of para-hydroxylation sites is 13. The van der Waals surface area contributed by atoms with Crippen LogP contribution < -0.4 is 9.92 Å². The van der Waals surface area contributed by atoms with E-state index in [2.05, 4.69) is 480 Å². The van der Waals surface area contributed by atoms with Gasteiger partial charge in [-0.15, -0.1) is 0 Å². The fourth-order valence-electron chi connectivity index (χ4n) is 23.8. The molecule has 0 aliphatic heterocycles. The molecule has 0 atom stereocenters. The van der Waals surface area contributed by atoms with Crippen LogP contribution in [-0.4, -0.2) is 35.5 Å². The standard InChI is InChI=1S/C48H30N2O2.C46H34N2O.C45H34N2OSi/c1-2-11-34(12-3-1)51-35-25-23-33(24-26-35)49-42-17-7-4-13-36(42)40-29-31(21-27-44(40)49)32-22-28-45-41(30-32)37-14-5-8-18-43(37)50(45)46-19-10-16-39-38-15-6-9-20-47(38)52-48(39)46;1-46(2,3)31-21-23-32(24-22-31)47-39-15-7-4-11-33(39)37-27-29(19-25-41(37)47)30-20-26-42-38(28-30)34-12-5-8-16-40(34)48(42)43-17-10-14-36-35-13-6-9-18-44(35)49-45(36)43;1-49(2,3)32-23-21-31(22-24-32)46-39-15-7-4-11-33(39)37-27-29(19-25-41(37)46)30-20-26-42-38(28-30)34-12-5-8-16-40(34)47(42)43-17-10-14-36-35-13-6-9-18-44(35)48-45(36)43/h1-30H;2*4-28H,1-3H3. The molecule has 0 spiro atoms. The third-order valence-electron chi connectivity index (χ3n) is 31.0. The van der Waals surface area contributed by atoms with Crippen molar-refractivity contribution in [1.29, 1.82) is 0 Å². The first-order valence-electron chi connectivity index (χ1n) is 51.6. The van der Waals surface area contributed by atoms with E-state index in [1.165, 1.54) is 164 Å². The second-order valence-corrected chi connectivity index (χ2v) is 46.8. The van der Waals surface area contributed by atoms with E-state index >= 15 is 0 Å². The van der Waals surface area contributed by atoms with Gasteiger partial charge in [0.25, 0.3) is 0 Å². The smallest absolute Gasteiger partial charge is 0.159 e. The van der Waals surface area contributed by atoms with Crippen molar-refractivity contribution in [2.45, 2.75) is 45.8 Å². The molecule has 150 heavy (non-hydrogen) atoms. The number of rotatable bonds is 12. The van der Waals surface area contributed by atoms with Gasteiger partial charge in [0, 0.05) is 114 Å². The maximum Gasteiger partial charge on any atom is 0.159 e. The molecule has 0 fully saturated rings. The number of nitrogens with zero attached hydrogens (tertiary/aromatic N) is 6. The Bertz CT molecular complexity index is 10500. The molecule has 0 amide bonds. The van der Waals surface area contributed by atoms with Crippen molar-refractivity contribution in [2.24, 2.45) is 0 Å². The number of benzene rings is 22. The zero-order chi connectivity index (χ0) is 99.9. The number of fused-ring (bicyclic) bond motifs is 27. The third-order valence-corrected chi connectivity index (χ3v) is 33.0. The SMILES string of the molecule is CC(C)(C)c1ccc(-n2c3ccccc3c3cc(-c4ccc5c(c4)c4ccccc4n5-c4cccc5c4oc4ccccc45)ccc32)cc1.C[Si](C)(C)c1ccc(-n2c3ccccc3c3cc(-c4ccc5c(c4)c4ccccc4n5-c4cccc5c4oc4ccccc45)ccc32)cc1.c1ccc(Oc2ccc(-n3c4ccccc4c4cc(-c5ccc6c(c5)c5ccccc5n6-c5cccc6c5oc5ccccc56)ccc43)cc2)cc1. The van der Waals surface area contributed by atoms with E-state index in [1.54, 1.807) is 0 Å². The Kier molecular flexibility index (Phi) is 20.1. The van der Waals surface area contributed by atoms with E-state index in [0.29, 0.717) is 0 Å². The topological polar surface area (TPSA) is 78.2 Å². The normalized spacial score (nSPS) is 12.2. The summed E-state index contributed by atoms with van der Waals surface area (Å²) in [6.07, 6.45) is 0. The molecular weight excluding hydrogens is 1850 g/mol. The Morgan fingerprint density at radius 1 is 0.187 bits per heavy atom. The lowest BCUT2D eigenvalue weighted by atomic mass is 9.87. The predicted octanol–water partition coefficient (Wildman–Crippen LogP) is 38.0. The highest BCUT2D eigenvalue weighted by molar-refractivity contribution is 6.88. The van der Waals surface area contributed by atoms with Gasteiger partial charge >= 0.3 is 0 Å². The second kappa shape index (κ2) is 34.4. The van der Waals surface area contributed by atoms with Crippen LogP contribution in [0.15, 0.2) is 499 Å². The van der Waals surface area contributed by atoms with Crippen molar-refractivity contribution >= 4 is 210 Å². The van der Waals surface area contributed by atoms with Crippen LogP contribution in [-0.2, 0) is 5.41 Å². The highest BCUT2D eigenvalue weighted by Gasteiger charge is 2.28. The number of hydrogen-bond donors (Lipinski definition) is 0. The van der Waals surface area contributed by atoms with Crippen molar-refractivity contribution < 1.29 is 18.0 Å². The molecule has 31 aromatic rings. The molecular formula is C139H98N6O4Si. The van der Waals surface area contributed by atoms with Crippen LogP contribution in [0.2, 0.25) is 19.6 Å². The summed E-state index contributed by atoms with van der Waals surface area (Å²) in [4.78, 5) is 0. The molecule has 22 aromatic carbocycles. The molecule has 0 aliphatic carbocycles. The van der Waals surface area contributed by atoms with Gasteiger partial charge in [-0.25, -0.2) is 0 Å². The first-order valence-corrected chi connectivity index (χ1v) is 55.1. The average molecular weight is 1940 g/mol. The fourth-order valence-corrected chi connectivity index (χ4v) is 24.9. The van der Waals surface area contributed by atoms with Crippen molar-refractivity contribution in [3.63, 3.8) is 0 Å². The Morgan fingerprint density at radius 3 is 0.700 bits per heavy atom. The molecule has 0 unspecified atom stereocenters. The highest BCUT2D eigenvalue weighted by Crippen LogP contribution is 2.48. The van der Waals surface area contributed by atoms with Gasteiger partial charge in [0.1, 0.15) is 28.2 Å². The lowest BCUT2D eigenvalue weighted by Crippen LogP contribution is -2.37. The number of aromatic nitrogens is 6. The van der Waals surface area contributed by atoms with E-state index in [4.69, 9.17) is 18.0 Å². The minimum Gasteiger partial charge on any atom is -0.457 e. The second-order valence-electron chi connectivity index (χ2n) is 41.8. The molecule has 0 radical (unpaired) electrons. The summed E-state index contributed by atoms with van der Waals surface area (Å²) >= 11 is 0. The molecule has 0 bridgehead atoms. The molecule has 10 nitrogen and oxygen atoms in total. The van der Waals surface area contributed by atoms with Crippen LogP contribution >= 0.6 is 0 Å². The Balaban J connectivity index is 0.000000106. The van der Waals surface area contributed by atoms with E-state index < -0.39 is 8.07 Å². The van der Waals surface area contributed by atoms with Gasteiger partial charge in [0.2, 0.25) is 0 Å². The lowest BCUT2D eigenvalue weighted by Gasteiger charge is -2.19. The summed E-state index contributed by atoms with van der Waals surface area (Å²) < 4.78 is 39.8. The highest BCUT2D eigenvalue weighted by atomic mass is 28.3. The maximum absolute atomic E-state index is 6.51. The maximum atomic E-state index is 6.51. The van der Waals surface area contributed by atoms with Crippen molar-refractivity contribution in [2.75, 3.05) is 0 Å². The summed E-state index contributed by atoms with van der Waals surface area (Å²) in [6, 6.07) is 175. The molecule has 0 N–H and O–H groups in total. The molecule has 0 aliphatic rings. The summed E-state index contributed by atoms with van der Waals surface area (Å²) in [5, 5.41) is 23.1. The zero-order valence-electron chi connectivity index (χ0n) is 83.5. The first-order chi connectivity index (χ1) is 73.7. The van der Waals surface area contributed by atoms with Crippen LogP contribution in [0.4, 0.5) is 0 Å². The zero-order valence-corrected chi connectivity index (χ0v) is 84.5. The minimum atomic E-state index is -1.38. The average Bonchev–Trinajstić information content (AvgIpc) is 1.58. The molecule has 31 rings (SSSR count). The van der Waals surface area contributed by atoms with Gasteiger partial charge < -0.3 is 45.4 Å². The van der Waals surface area contributed by atoms with E-state index in [0.717, 1.165) is 122 Å². The molecule has 9 heterocycles. The Morgan fingerprint density at radius 2 is 0.413 bits per heavy atom.